The molecule has 88 valence electrons. The molecule has 1 saturated heterocycles. The molecule has 0 radical (unpaired) electrons. The van der Waals surface area contributed by atoms with Crippen LogP contribution in [0.25, 0.3) is 0 Å². The highest BCUT2D eigenvalue weighted by atomic mass is 19.1. The first kappa shape index (κ1) is 11.6. The molecule has 0 unspecified atom stereocenters. The maximum absolute atomic E-state index is 12.9. The van der Waals surface area contributed by atoms with Crippen molar-refractivity contribution >= 4 is 0 Å². The van der Waals surface area contributed by atoms with Crippen LogP contribution in [0.1, 0.15) is 24.8 Å². The van der Waals surface area contributed by atoms with E-state index in [0.29, 0.717) is 12.6 Å². The smallest absolute Gasteiger partial charge is 0.123 e. The maximum atomic E-state index is 12.9. The number of hydrogen-bond donors (Lipinski definition) is 1. The summed E-state index contributed by atoms with van der Waals surface area (Å²) in [7, 11) is 0. The van der Waals surface area contributed by atoms with Crippen molar-refractivity contribution in [1.82, 2.24) is 5.32 Å². The summed E-state index contributed by atoms with van der Waals surface area (Å²) in [5.74, 6) is -0.197. The van der Waals surface area contributed by atoms with Crippen molar-refractivity contribution in [2.24, 2.45) is 0 Å². The second-order valence-corrected chi connectivity index (χ2v) is 4.29. The Morgan fingerprint density at radius 2 is 2.31 bits per heavy atom. The molecule has 1 aliphatic heterocycles. The van der Waals surface area contributed by atoms with Gasteiger partial charge in [0.1, 0.15) is 5.82 Å². The predicted octanol–water partition coefficient (Wildman–Crippen LogP) is 2.48. The Hall–Kier alpha value is -0.930. The van der Waals surface area contributed by atoms with Crippen molar-refractivity contribution in [3.8, 4) is 0 Å². The second kappa shape index (κ2) is 5.97. The van der Waals surface area contributed by atoms with E-state index in [1.807, 2.05) is 6.07 Å². The lowest BCUT2D eigenvalue weighted by Gasteiger charge is -2.23. The maximum Gasteiger partial charge on any atom is 0.123 e. The SMILES string of the molecule is Fc1cccc(COC[C@H]2CCCCN2)c1. The molecule has 1 heterocycles. The average Bonchev–Trinajstić information content (AvgIpc) is 2.30. The normalized spacial score (nSPS) is 20.9. The first-order chi connectivity index (χ1) is 7.84. The highest BCUT2D eigenvalue weighted by Gasteiger charge is 2.11. The molecule has 1 aliphatic rings. The van der Waals surface area contributed by atoms with Crippen LogP contribution >= 0.6 is 0 Å². The van der Waals surface area contributed by atoms with Crippen LogP contribution in [0.4, 0.5) is 4.39 Å². The molecule has 0 aliphatic carbocycles. The van der Waals surface area contributed by atoms with E-state index in [9.17, 15) is 4.39 Å². The van der Waals surface area contributed by atoms with Crippen LogP contribution in [0.2, 0.25) is 0 Å². The Bertz CT molecular complexity index is 323. The van der Waals surface area contributed by atoms with Gasteiger partial charge in [0, 0.05) is 6.04 Å². The summed E-state index contributed by atoms with van der Waals surface area (Å²) in [6.45, 7) is 2.31. The molecule has 3 heteroatoms. The summed E-state index contributed by atoms with van der Waals surface area (Å²) >= 11 is 0. The summed E-state index contributed by atoms with van der Waals surface area (Å²) in [6.07, 6.45) is 3.73. The van der Waals surface area contributed by atoms with E-state index in [-0.39, 0.29) is 5.82 Å². The molecular formula is C13H18FNO. The molecule has 2 nitrogen and oxygen atoms in total. The Kier molecular flexibility index (Phi) is 4.31. The number of nitrogens with one attached hydrogen (secondary N) is 1. The zero-order chi connectivity index (χ0) is 11.2. The lowest BCUT2D eigenvalue weighted by molar-refractivity contribution is 0.0910. The third-order valence-corrected chi connectivity index (χ3v) is 2.89. The van der Waals surface area contributed by atoms with Crippen molar-refractivity contribution in [3.63, 3.8) is 0 Å². The van der Waals surface area contributed by atoms with E-state index < -0.39 is 0 Å². The first-order valence-corrected chi connectivity index (χ1v) is 5.90. The summed E-state index contributed by atoms with van der Waals surface area (Å²) in [5, 5.41) is 3.42. The molecule has 1 atom stereocenters. The minimum Gasteiger partial charge on any atom is -0.375 e. The zero-order valence-corrected chi connectivity index (χ0v) is 9.42. The van der Waals surface area contributed by atoms with Crippen molar-refractivity contribution in [3.05, 3.63) is 35.6 Å². The van der Waals surface area contributed by atoms with Crippen LogP contribution in [0.5, 0.6) is 0 Å². The minimum absolute atomic E-state index is 0.197. The Morgan fingerprint density at radius 3 is 3.06 bits per heavy atom. The molecule has 2 rings (SSSR count). The monoisotopic (exact) mass is 223 g/mol. The van der Waals surface area contributed by atoms with Crippen molar-refractivity contribution in [2.45, 2.75) is 31.9 Å². The lowest BCUT2D eigenvalue weighted by Crippen LogP contribution is -2.37. The molecule has 1 aromatic rings. The van der Waals surface area contributed by atoms with Gasteiger partial charge >= 0.3 is 0 Å². The van der Waals surface area contributed by atoms with Gasteiger partial charge in [-0.15, -0.1) is 0 Å². The Labute approximate surface area is 95.8 Å². The van der Waals surface area contributed by atoms with Gasteiger partial charge in [-0.1, -0.05) is 18.6 Å². The molecule has 1 fully saturated rings. The molecule has 1 N–H and O–H groups in total. The molecular weight excluding hydrogens is 205 g/mol. The number of ether oxygens (including phenoxy) is 1. The molecule has 16 heavy (non-hydrogen) atoms. The van der Waals surface area contributed by atoms with E-state index >= 15 is 0 Å². The van der Waals surface area contributed by atoms with Crippen LogP contribution in [0.15, 0.2) is 24.3 Å². The van der Waals surface area contributed by atoms with E-state index in [1.54, 1.807) is 6.07 Å². The summed E-state index contributed by atoms with van der Waals surface area (Å²) < 4.78 is 18.5. The van der Waals surface area contributed by atoms with Gasteiger partial charge in [-0.05, 0) is 37.1 Å². The number of rotatable bonds is 4. The van der Waals surface area contributed by atoms with Crippen molar-refractivity contribution < 1.29 is 9.13 Å². The Balaban J connectivity index is 1.71. The van der Waals surface area contributed by atoms with Gasteiger partial charge < -0.3 is 10.1 Å². The van der Waals surface area contributed by atoms with Crippen LogP contribution in [-0.4, -0.2) is 19.2 Å². The quantitative estimate of drug-likeness (QED) is 0.846. The number of halogens is 1. The fraction of sp³-hybridized carbons (Fsp3) is 0.538. The lowest BCUT2D eigenvalue weighted by atomic mass is 10.1. The molecule has 0 aromatic heterocycles. The highest BCUT2D eigenvalue weighted by Crippen LogP contribution is 2.09. The number of piperidine rings is 1. The Morgan fingerprint density at radius 1 is 1.38 bits per heavy atom. The van der Waals surface area contributed by atoms with Crippen LogP contribution in [0.3, 0.4) is 0 Å². The summed E-state index contributed by atoms with van der Waals surface area (Å²) in [4.78, 5) is 0. The van der Waals surface area contributed by atoms with E-state index in [0.717, 1.165) is 18.7 Å². The number of benzene rings is 1. The van der Waals surface area contributed by atoms with E-state index in [1.165, 1.54) is 31.4 Å². The number of hydrogen-bond acceptors (Lipinski definition) is 2. The van der Waals surface area contributed by atoms with Crippen molar-refractivity contribution in [1.29, 1.82) is 0 Å². The summed E-state index contributed by atoms with van der Waals surface area (Å²) in [5.41, 5.74) is 0.899. The van der Waals surface area contributed by atoms with Crippen LogP contribution in [0, 0.1) is 5.82 Å². The third-order valence-electron chi connectivity index (χ3n) is 2.89. The van der Waals surface area contributed by atoms with Crippen LogP contribution < -0.4 is 5.32 Å². The minimum atomic E-state index is -0.197. The van der Waals surface area contributed by atoms with Gasteiger partial charge in [0.15, 0.2) is 0 Å². The van der Waals surface area contributed by atoms with Gasteiger partial charge in [-0.25, -0.2) is 4.39 Å². The molecule has 0 saturated carbocycles. The van der Waals surface area contributed by atoms with E-state index in [4.69, 9.17) is 4.74 Å². The van der Waals surface area contributed by atoms with Crippen LogP contribution in [-0.2, 0) is 11.3 Å². The molecule has 0 bridgehead atoms. The standard InChI is InChI=1S/C13H18FNO/c14-12-5-3-4-11(8-12)9-16-10-13-6-1-2-7-15-13/h3-5,8,13,15H,1-2,6-7,9-10H2/t13-/m1/s1. The topological polar surface area (TPSA) is 21.3 Å². The fourth-order valence-corrected chi connectivity index (χ4v) is 2.01. The van der Waals surface area contributed by atoms with E-state index in [2.05, 4.69) is 5.32 Å². The highest BCUT2D eigenvalue weighted by molar-refractivity contribution is 5.15. The average molecular weight is 223 g/mol. The van der Waals surface area contributed by atoms with Gasteiger partial charge in [0.2, 0.25) is 0 Å². The largest absolute Gasteiger partial charge is 0.375 e. The fourth-order valence-electron chi connectivity index (χ4n) is 2.01. The molecule has 0 spiro atoms. The molecule has 0 amide bonds. The predicted molar refractivity (Wildman–Crippen MR) is 61.7 cm³/mol. The third kappa shape index (κ3) is 3.58. The second-order valence-electron chi connectivity index (χ2n) is 4.29. The van der Waals surface area contributed by atoms with Crippen molar-refractivity contribution in [2.75, 3.05) is 13.2 Å². The summed E-state index contributed by atoms with van der Waals surface area (Å²) in [6, 6.07) is 7.05. The first-order valence-electron chi connectivity index (χ1n) is 5.90. The van der Waals surface area contributed by atoms with Gasteiger partial charge in [-0.3, -0.25) is 0 Å². The molecule has 1 aromatic carbocycles. The van der Waals surface area contributed by atoms with Gasteiger partial charge in [0.05, 0.1) is 13.2 Å². The van der Waals surface area contributed by atoms with Gasteiger partial charge in [-0.2, -0.15) is 0 Å². The van der Waals surface area contributed by atoms with Gasteiger partial charge in [0.25, 0.3) is 0 Å². The zero-order valence-electron chi connectivity index (χ0n) is 9.42.